The Balaban J connectivity index is 2.18. The minimum absolute atomic E-state index is 0.0841. The highest BCUT2D eigenvalue weighted by Gasteiger charge is 2.10. The molecule has 3 nitrogen and oxygen atoms in total. The molecule has 100 valence electrons. The second kappa shape index (κ2) is 6.51. The molecule has 1 heterocycles. The summed E-state index contributed by atoms with van der Waals surface area (Å²) in [6.45, 7) is 1.94. The van der Waals surface area contributed by atoms with Crippen LogP contribution in [0.15, 0.2) is 45.8 Å². The lowest BCUT2D eigenvalue weighted by atomic mass is 10.2. The molecule has 0 saturated heterocycles. The number of nitrogens with zero attached hydrogens (tertiary/aromatic N) is 1. The van der Waals surface area contributed by atoms with E-state index < -0.39 is 5.91 Å². The van der Waals surface area contributed by atoms with Crippen LogP contribution >= 0.6 is 27.3 Å². The summed E-state index contributed by atoms with van der Waals surface area (Å²) in [5.41, 5.74) is 1.82. The molecule has 0 fully saturated rings. The second-order valence-corrected chi connectivity index (χ2v) is 6.63. The van der Waals surface area contributed by atoms with E-state index in [4.69, 9.17) is 5.26 Å². The summed E-state index contributed by atoms with van der Waals surface area (Å²) in [6, 6.07) is 13.1. The fourth-order valence-corrected chi connectivity index (χ4v) is 2.98. The van der Waals surface area contributed by atoms with Gasteiger partial charge in [0.05, 0.1) is 3.79 Å². The highest BCUT2D eigenvalue weighted by molar-refractivity contribution is 9.11. The van der Waals surface area contributed by atoms with Crippen LogP contribution < -0.4 is 5.32 Å². The lowest BCUT2D eigenvalue weighted by molar-refractivity contribution is -0.112. The molecule has 1 amide bonds. The van der Waals surface area contributed by atoms with Gasteiger partial charge in [-0.25, -0.2) is 0 Å². The molecular formula is C15H11BrN2OS. The maximum Gasteiger partial charge on any atom is 0.266 e. The molecule has 1 N–H and O–H groups in total. The van der Waals surface area contributed by atoms with Crippen molar-refractivity contribution >= 4 is 44.9 Å². The number of aryl methyl sites for hydroxylation is 1. The van der Waals surface area contributed by atoms with Gasteiger partial charge >= 0.3 is 0 Å². The molecular weight excluding hydrogens is 336 g/mol. The molecule has 0 unspecified atom stereocenters. The molecule has 0 aliphatic heterocycles. The van der Waals surface area contributed by atoms with Crippen LogP contribution in [0.25, 0.3) is 6.08 Å². The van der Waals surface area contributed by atoms with Crippen molar-refractivity contribution in [3.8, 4) is 6.07 Å². The molecule has 2 aromatic rings. The number of halogens is 1. The van der Waals surface area contributed by atoms with E-state index in [9.17, 15) is 4.79 Å². The third kappa shape index (κ3) is 3.80. The topological polar surface area (TPSA) is 52.9 Å². The summed E-state index contributed by atoms with van der Waals surface area (Å²) in [7, 11) is 0. The number of hydrogen-bond acceptors (Lipinski definition) is 3. The molecule has 0 aliphatic carbocycles. The number of nitrogens with one attached hydrogen (secondary N) is 1. The van der Waals surface area contributed by atoms with E-state index in [1.54, 1.807) is 12.1 Å². The number of carbonyl (C=O) groups excluding carboxylic acids is 1. The van der Waals surface area contributed by atoms with Crippen molar-refractivity contribution in [2.75, 3.05) is 5.32 Å². The van der Waals surface area contributed by atoms with Gasteiger partial charge in [-0.1, -0.05) is 12.1 Å². The molecule has 0 saturated carbocycles. The zero-order valence-corrected chi connectivity index (χ0v) is 13.1. The van der Waals surface area contributed by atoms with Gasteiger partial charge in [0, 0.05) is 10.6 Å². The third-order valence-corrected chi connectivity index (χ3v) is 4.09. The van der Waals surface area contributed by atoms with Gasteiger partial charge < -0.3 is 5.32 Å². The quantitative estimate of drug-likeness (QED) is 0.662. The predicted octanol–water partition coefficient (Wildman–Crippen LogP) is 4.36. The smallest absolute Gasteiger partial charge is 0.266 e. The molecule has 0 atom stereocenters. The molecule has 1 aromatic heterocycles. The van der Waals surface area contributed by atoms with Gasteiger partial charge in [-0.2, -0.15) is 5.26 Å². The predicted molar refractivity (Wildman–Crippen MR) is 85.4 cm³/mol. The van der Waals surface area contributed by atoms with E-state index >= 15 is 0 Å². The molecule has 20 heavy (non-hydrogen) atoms. The molecule has 0 bridgehead atoms. The zero-order chi connectivity index (χ0) is 14.5. The van der Waals surface area contributed by atoms with Crippen molar-refractivity contribution in [3.63, 3.8) is 0 Å². The lowest BCUT2D eigenvalue weighted by Crippen LogP contribution is -2.13. The van der Waals surface area contributed by atoms with Crippen molar-refractivity contribution in [1.29, 1.82) is 5.26 Å². The van der Waals surface area contributed by atoms with Gasteiger partial charge in [-0.3, -0.25) is 4.79 Å². The highest BCUT2D eigenvalue weighted by atomic mass is 79.9. The Hall–Kier alpha value is -1.90. The molecule has 5 heteroatoms. The van der Waals surface area contributed by atoms with Crippen LogP contribution in [0.1, 0.15) is 10.4 Å². The van der Waals surface area contributed by atoms with Gasteiger partial charge in [-0.15, -0.1) is 11.3 Å². The lowest BCUT2D eigenvalue weighted by Gasteiger charge is -2.04. The van der Waals surface area contributed by atoms with Gasteiger partial charge in [0.15, 0.2) is 0 Å². The van der Waals surface area contributed by atoms with E-state index in [1.807, 2.05) is 43.3 Å². The summed E-state index contributed by atoms with van der Waals surface area (Å²) >= 11 is 4.82. The van der Waals surface area contributed by atoms with Gasteiger partial charge in [0.2, 0.25) is 0 Å². The van der Waals surface area contributed by atoms with Gasteiger partial charge in [-0.05, 0) is 58.8 Å². The maximum atomic E-state index is 12.1. The maximum absolute atomic E-state index is 12.1. The summed E-state index contributed by atoms with van der Waals surface area (Å²) < 4.78 is 0.958. The van der Waals surface area contributed by atoms with E-state index in [0.29, 0.717) is 5.69 Å². The standard InChI is InChI=1S/C15H11BrN2OS/c1-10-3-2-4-12(7-10)18-15(19)11(9-17)8-13-5-6-14(16)20-13/h2-8H,1H3,(H,18,19)/b11-8+. The van der Waals surface area contributed by atoms with Crippen LogP contribution in [-0.2, 0) is 4.79 Å². The Kier molecular flexibility index (Phi) is 4.72. The minimum atomic E-state index is -0.400. The van der Waals surface area contributed by atoms with E-state index in [2.05, 4.69) is 21.2 Å². The average molecular weight is 347 g/mol. The largest absolute Gasteiger partial charge is 0.321 e. The van der Waals surface area contributed by atoms with E-state index in [-0.39, 0.29) is 5.57 Å². The SMILES string of the molecule is Cc1cccc(NC(=O)/C(C#N)=C/c2ccc(Br)s2)c1. The molecule has 1 aromatic carbocycles. The summed E-state index contributed by atoms with van der Waals surface area (Å²) in [5.74, 6) is -0.400. The summed E-state index contributed by atoms with van der Waals surface area (Å²) in [5, 5.41) is 11.8. The number of amides is 1. The zero-order valence-electron chi connectivity index (χ0n) is 10.7. The van der Waals surface area contributed by atoms with Gasteiger partial charge in [0.1, 0.15) is 11.6 Å². The third-order valence-electron chi connectivity index (χ3n) is 2.52. The van der Waals surface area contributed by atoms with E-state index in [1.165, 1.54) is 11.3 Å². The number of carbonyl (C=O) groups is 1. The van der Waals surface area contributed by atoms with E-state index in [0.717, 1.165) is 14.2 Å². The first-order valence-electron chi connectivity index (χ1n) is 5.83. The Bertz CT molecular complexity index is 713. The van der Waals surface area contributed by atoms with Gasteiger partial charge in [0.25, 0.3) is 5.91 Å². The number of nitriles is 1. The fraction of sp³-hybridized carbons (Fsp3) is 0.0667. The first-order valence-corrected chi connectivity index (χ1v) is 7.44. The van der Waals surface area contributed by atoms with Crippen molar-refractivity contribution in [2.24, 2.45) is 0 Å². The Morgan fingerprint density at radius 2 is 2.20 bits per heavy atom. The Morgan fingerprint density at radius 3 is 2.80 bits per heavy atom. The fourth-order valence-electron chi connectivity index (χ4n) is 1.62. The molecule has 2 rings (SSSR count). The second-order valence-electron chi connectivity index (χ2n) is 4.14. The number of thiophene rings is 1. The van der Waals surface area contributed by atoms with Crippen LogP contribution in [0.2, 0.25) is 0 Å². The summed E-state index contributed by atoms with van der Waals surface area (Å²) in [4.78, 5) is 12.9. The highest BCUT2D eigenvalue weighted by Crippen LogP contribution is 2.24. The number of anilines is 1. The average Bonchev–Trinajstić information content (AvgIpc) is 2.81. The van der Waals surface area contributed by atoms with Crippen molar-refractivity contribution in [3.05, 3.63) is 56.2 Å². The minimum Gasteiger partial charge on any atom is -0.321 e. The molecule has 0 spiro atoms. The van der Waals surface area contributed by atoms with Crippen LogP contribution in [-0.4, -0.2) is 5.91 Å². The first kappa shape index (κ1) is 14.5. The number of hydrogen-bond donors (Lipinski definition) is 1. The van der Waals surface area contributed by atoms with Crippen molar-refractivity contribution in [1.82, 2.24) is 0 Å². The first-order chi connectivity index (χ1) is 9.58. The summed E-state index contributed by atoms with van der Waals surface area (Å²) in [6.07, 6.45) is 1.58. The monoisotopic (exact) mass is 346 g/mol. The van der Waals surface area contributed by atoms with Crippen LogP contribution in [0.5, 0.6) is 0 Å². The Labute approximate surface area is 129 Å². The van der Waals surface area contributed by atoms with Crippen molar-refractivity contribution in [2.45, 2.75) is 6.92 Å². The Morgan fingerprint density at radius 1 is 1.40 bits per heavy atom. The number of benzene rings is 1. The van der Waals surface area contributed by atoms with Crippen molar-refractivity contribution < 1.29 is 4.79 Å². The molecule has 0 radical (unpaired) electrons. The molecule has 0 aliphatic rings. The number of rotatable bonds is 3. The van der Waals surface area contributed by atoms with Crippen LogP contribution in [0.3, 0.4) is 0 Å². The normalized spacial score (nSPS) is 10.9. The van der Waals surface area contributed by atoms with Crippen LogP contribution in [0, 0.1) is 18.3 Å². The van der Waals surface area contributed by atoms with Crippen LogP contribution in [0.4, 0.5) is 5.69 Å².